The summed E-state index contributed by atoms with van der Waals surface area (Å²) in [5.41, 5.74) is 1.43. The van der Waals surface area contributed by atoms with E-state index in [1.165, 1.54) is 13.0 Å². The molecule has 8 heteroatoms. The number of rotatable bonds is 6. The van der Waals surface area contributed by atoms with Crippen molar-refractivity contribution < 1.29 is 32.3 Å². The SMILES string of the molecule is Cc1c2oc3c(C)c(OCOC=O)c(F)cc3c(-c3ccc(C=O)cc3)c-2cc(F)c1=O. The van der Waals surface area contributed by atoms with Gasteiger partial charge in [0, 0.05) is 33.2 Å². The van der Waals surface area contributed by atoms with Gasteiger partial charge in [0.15, 0.2) is 17.4 Å². The summed E-state index contributed by atoms with van der Waals surface area (Å²) in [7, 11) is 0. The normalized spacial score (nSPS) is 11.0. The summed E-state index contributed by atoms with van der Waals surface area (Å²) in [6, 6.07) is 8.67. The molecule has 0 atom stereocenters. The van der Waals surface area contributed by atoms with Gasteiger partial charge in [-0.2, -0.15) is 0 Å². The standard InChI is InChI=1S/C24H16F2O6/c1-12-21(29)18(25)7-16-20(15-5-3-14(9-27)4-6-15)17-8-19(26)24(31-11-30-10-28)13(2)23(17)32-22(12)16/h3-10H,11H2,1-2H3. The Morgan fingerprint density at radius 3 is 2.38 bits per heavy atom. The number of benzene rings is 3. The second-order valence-corrected chi connectivity index (χ2v) is 7.12. The number of carbonyl (C=O) groups excluding carboxylic acids is 2. The average Bonchev–Trinajstić information content (AvgIpc) is 2.79. The predicted octanol–water partition coefficient (Wildman–Crippen LogP) is 4.78. The number of fused-ring (bicyclic) bond motifs is 2. The van der Waals surface area contributed by atoms with Gasteiger partial charge in [-0.25, -0.2) is 8.78 Å². The number of ether oxygens (including phenoxy) is 2. The van der Waals surface area contributed by atoms with Crippen LogP contribution in [0.1, 0.15) is 21.5 Å². The minimum atomic E-state index is -0.960. The van der Waals surface area contributed by atoms with Gasteiger partial charge in [-0.1, -0.05) is 24.3 Å². The number of halogens is 2. The molecule has 0 spiro atoms. The van der Waals surface area contributed by atoms with Crippen LogP contribution in [0.2, 0.25) is 0 Å². The van der Waals surface area contributed by atoms with Crippen LogP contribution in [0.25, 0.3) is 33.4 Å². The van der Waals surface area contributed by atoms with Crippen LogP contribution >= 0.6 is 0 Å². The van der Waals surface area contributed by atoms with Gasteiger partial charge in [0.2, 0.25) is 12.2 Å². The highest BCUT2D eigenvalue weighted by molar-refractivity contribution is 6.04. The third kappa shape index (κ3) is 3.39. The topological polar surface area (TPSA) is 82.8 Å². The van der Waals surface area contributed by atoms with Crippen LogP contribution in [0.4, 0.5) is 8.78 Å². The van der Waals surface area contributed by atoms with Gasteiger partial charge in [-0.05, 0) is 31.5 Å². The van der Waals surface area contributed by atoms with Crippen LogP contribution in [0, 0.1) is 25.5 Å². The van der Waals surface area contributed by atoms with Crippen molar-refractivity contribution in [3.05, 3.63) is 74.9 Å². The zero-order chi connectivity index (χ0) is 23.0. The Morgan fingerprint density at radius 2 is 1.72 bits per heavy atom. The van der Waals surface area contributed by atoms with Crippen molar-refractivity contribution >= 4 is 23.7 Å². The Labute approximate surface area is 180 Å². The minimum absolute atomic E-state index is 0.0585. The molecule has 0 radical (unpaired) electrons. The molecular weight excluding hydrogens is 422 g/mol. The van der Waals surface area contributed by atoms with Gasteiger partial charge >= 0.3 is 0 Å². The molecule has 0 aromatic heterocycles. The molecule has 32 heavy (non-hydrogen) atoms. The Balaban J connectivity index is 2.12. The summed E-state index contributed by atoms with van der Waals surface area (Å²) in [4.78, 5) is 33.6. The van der Waals surface area contributed by atoms with Gasteiger partial charge in [0.25, 0.3) is 6.47 Å². The van der Waals surface area contributed by atoms with Crippen molar-refractivity contribution in [1.82, 2.24) is 0 Å². The molecular formula is C24H16F2O6. The van der Waals surface area contributed by atoms with Gasteiger partial charge in [-0.3, -0.25) is 14.4 Å². The van der Waals surface area contributed by atoms with E-state index in [2.05, 4.69) is 4.74 Å². The predicted molar refractivity (Wildman–Crippen MR) is 112 cm³/mol. The molecule has 1 heterocycles. The fourth-order valence-electron chi connectivity index (χ4n) is 3.70. The highest BCUT2D eigenvalue weighted by Gasteiger charge is 2.25. The van der Waals surface area contributed by atoms with Crippen molar-refractivity contribution in [3.63, 3.8) is 0 Å². The number of aryl methyl sites for hydroxylation is 1. The van der Waals surface area contributed by atoms with E-state index in [1.807, 2.05) is 0 Å². The van der Waals surface area contributed by atoms with E-state index in [-0.39, 0.29) is 40.3 Å². The molecule has 0 saturated carbocycles. The monoisotopic (exact) mass is 438 g/mol. The van der Waals surface area contributed by atoms with Crippen molar-refractivity contribution in [2.75, 3.05) is 6.79 Å². The largest absolute Gasteiger partial charge is 0.455 e. The summed E-state index contributed by atoms with van der Waals surface area (Å²) in [6.07, 6.45) is 0.683. The number of carbonyl (C=O) groups is 2. The zero-order valence-corrected chi connectivity index (χ0v) is 17.0. The number of hydrogen-bond donors (Lipinski definition) is 0. The van der Waals surface area contributed by atoms with Gasteiger partial charge < -0.3 is 13.9 Å². The fourth-order valence-corrected chi connectivity index (χ4v) is 3.70. The molecule has 2 aliphatic rings. The molecule has 1 aliphatic carbocycles. The van der Waals surface area contributed by atoms with Crippen LogP contribution < -0.4 is 10.2 Å². The Hall–Kier alpha value is -4.07. The lowest BCUT2D eigenvalue weighted by atomic mass is 9.90. The molecule has 0 amide bonds. The molecule has 2 aromatic carbocycles. The zero-order valence-electron chi connectivity index (χ0n) is 17.0. The van der Waals surface area contributed by atoms with Crippen LogP contribution in [0.5, 0.6) is 5.75 Å². The molecule has 0 bridgehead atoms. The first-order valence-corrected chi connectivity index (χ1v) is 9.49. The fraction of sp³-hybridized carbons (Fsp3) is 0.125. The number of aldehydes is 1. The quantitative estimate of drug-likeness (QED) is 0.186. The maximum Gasteiger partial charge on any atom is 0.295 e. The first-order chi connectivity index (χ1) is 15.4. The molecule has 0 saturated heterocycles. The summed E-state index contributed by atoms with van der Waals surface area (Å²) in [6.45, 7) is 2.65. The lowest BCUT2D eigenvalue weighted by molar-refractivity contribution is -0.134. The van der Waals surface area contributed by atoms with Gasteiger partial charge in [0.1, 0.15) is 17.6 Å². The summed E-state index contributed by atoms with van der Waals surface area (Å²) in [5, 5.41) is 0.312. The first-order valence-electron chi connectivity index (χ1n) is 9.49. The molecule has 0 fully saturated rings. The van der Waals surface area contributed by atoms with E-state index >= 15 is 0 Å². The molecule has 2 aromatic rings. The Bertz CT molecular complexity index is 1390. The summed E-state index contributed by atoms with van der Waals surface area (Å²) < 4.78 is 45.0. The second kappa shape index (κ2) is 8.22. The van der Waals surface area contributed by atoms with Gasteiger partial charge in [0.05, 0.1) is 0 Å². The maximum atomic E-state index is 15.0. The highest BCUT2D eigenvalue weighted by atomic mass is 19.1. The maximum absolute atomic E-state index is 15.0. The average molecular weight is 438 g/mol. The molecule has 0 unspecified atom stereocenters. The van der Waals surface area contributed by atoms with E-state index in [1.54, 1.807) is 31.2 Å². The molecule has 162 valence electrons. The molecule has 1 aliphatic heterocycles. The molecule has 0 N–H and O–H groups in total. The van der Waals surface area contributed by atoms with E-state index in [0.717, 1.165) is 6.07 Å². The highest BCUT2D eigenvalue weighted by Crippen LogP contribution is 2.44. The van der Waals surface area contributed by atoms with E-state index in [9.17, 15) is 23.2 Å². The van der Waals surface area contributed by atoms with E-state index in [0.29, 0.717) is 28.4 Å². The lowest BCUT2D eigenvalue weighted by Crippen LogP contribution is -2.13. The van der Waals surface area contributed by atoms with Crippen molar-refractivity contribution in [1.29, 1.82) is 0 Å². The van der Waals surface area contributed by atoms with Crippen molar-refractivity contribution in [2.45, 2.75) is 13.8 Å². The summed E-state index contributed by atoms with van der Waals surface area (Å²) >= 11 is 0. The van der Waals surface area contributed by atoms with Gasteiger partial charge in [-0.15, -0.1) is 0 Å². The van der Waals surface area contributed by atoms with Crippen molar-refractivity contribution in [3.8, 4) is 28.2 Å². The summed E-state index contributed by atoms with van der Waals surface area (Å²) in [5.74, 6) is -1.75. The van der Waals surface area contributed by atoms with Crippen LogP contribution in [0.3, 0.4) is 0 Å². The van der Waals surface area contributed by atoms with Crippen LogP contribution in [-0.2, 0) is 9.53 Å². The lowest BCUT2D eigenvalue weighted by Gasteiger charge is -2.19. The van der Waals surface area contributed by atoms with Crippen molar-refractivity contribution in [2.24, 2.45) is 0 Å². The smallest absolute Gasteiger partial charge is 0.295 e. The molecule has 4 rings (SSSR count). The molecule has 6 nitrogen and oxygen atoms in total. The third-order valence-corrected chi connectivity index (χ3v) is 5.25. The van der Waals surface area contributed by atoms with E-state index in [4.69, 9.17) is 9.15 Å². The first kappa shape index (κ1) is 21.2. The Morgan fingerprint density at radius 1 is 1.00 bits per heavy atom. The minimum Gasteiger partial charge on any atom is -0.455 e. The second-order valence-electron chi connectivity index (χ2n) is 7.12. The van der Waals surface area contributed by atoms with E-state index < -0.39 is 23.9 Å². The van der Waals surface area contributed by atoms with Crippen LogP contribution in [-0.4, -0.2) is 19.6 Å². The van der Waals surface area contributed by atoms with Crippen LogP contribution in [0.15, 0.2) is 45.6 Å². The Kier molecular flexibility index (Phi) is 5.44. The number of hydrogen-bond acceptors (Lipinski definition) is 6. The third-order valence-electron chi connectivity index (χ3n) is 5.25.